The molecule has 1 nitrogen and oxygen atoms in total. The lowest BCUT2D eigenvalue weighted by atomic mass is 9.84. The van der Waals surface area contributed by atoms with Crippen LogP contribution >= 0.6 is 11.8 Å². The summed E-state index contributed by atoms with van der Waals surface area (Å²) in [6, 6.07) is 0.805. The van der Waals surface area contributed by atoms with Crippen LogP contribution in [0.25, 0.3) is 0 Å². The quantitative estimate of drug-likeness (QED) is 0.730. The Hall–Kier alpha value is 0.310. The van der Waals surface area contributed by atoms with Gasteiger partial charge in [0.05, 0.1) is 0 Å². The van der Waals surface area contributed by atoms with Gasteiger partial charge in [0.1, 0.15) is 0 Å². The van der Waals surface area contributed by atoms with Gasteiger partial charge in [-0.2, -0.15) is 11.8 Å². The van der Waals surface area contributed by atoms with Crippen LogP contribution in [-0.4, -0.2) is 23.1 Å². The molecule has 0 aromatic carbocycles. The number of hydrogen-bond acceptors (Lipinski definition) is 2. The van der Waals surface area contributed by atoms with Crippen LogP contribution in [0.4, 0.5) is 0 Å². The van der Waals surface area contributed by atoms with Crippen molar-refractivity contribution < 1.29 is 0 Å². The molecule has 0 aromatic heterocycles. The molecular weight excluding hydrogens is 214 g/mol. The van der Waals surface area contributed by atoms with Gasteiger partial charge in [-0.25, -0.2) is 0 Å². The number of thioether (sulfide) groups is 1. The van der Waals surface area contributed by atoms with Crippen LogP contribution in [0.1, 0.15) is 59.8 Å². The maximum Gasteiger partial charge on any atom is 0.00755 e. The van der Waals surface area contributed by atoms with Gasteiger partial charge in [0.25, 0.3) is 0 Å². The molecule has 0 aromatic rings. The molecule has 1 fully saturated rings. The van der Waals surface area contributed by atoms with E-state index in [1.54, 1.807) is 0 Å². The van der Waals surface area contributed by atoms with E-state index in [-0.39, 0.29) is 0 Å². The van der Waals surface area contributed by atoms with Crippen molar-refractivity contribution in [2.45, 2.75) is 70.6 Å². The van der Waals surface area contributed by atoms with E-state index in [0.717, 1.165) is 12.0 Å². The molecule has 0 aliphatic heterocycles. The van der Waals surface area contributed by atoms with Gasteiger partial charge in [-0.1, -0.05) is 47.0 Å². The zero-order valence-electron chi connectivity index (χ0n) is 11.5. The smallest absolute Gasteiger partial charge is 0.00755 e. The van der Waals surface area contributed by atoms with Crippen molar-refractivity contribution >= 4 is 11.8 Å². The Bertz CT molecular complexity index is 186. The van der Waals surface area contributed by atoms with Gasteiger partial charge in [-0.15, -0.1) is 0 Å². The summed E-state index contributed by atoms with van der Waals surface area (Å²) in [4.78, 5) is 0. The minimum Gasteiger partial charge on any atom is -0.313 e. The van der Waals surface area contributed by atoms with Crippen LogP contribution in [0, 0.1) is 5.92 Å². The third-order valence-corrected chi connectivity index (χ3v) is 4.70. The van der Waals surface area contributed by atoms with Crippen molar-refractivity contribution in [2.75, 3.05) is 12.3 Å². The molecular formula is C14H29NS. The summed E-state index contributed by atoms with van der Waals surface area (Å²) >= 11 is 2.07. The van der Waals surface area contributed by atoms with Gasteiger partial charge in [0.15, 0.2) is 0 Å². The molecule has 1 rings (SSSR count). The zero-order chi connectivity index (χ0) is 12.0. The van der Waals surface area contributed by atoms with Crippen molar-refractivity contribution in [2.24, 2.45) is 5.92 Å². The van der Waals surface area contributed by atoms with Crippen LogP contribution in [-0.2, 0) is 0 Å². The second kappa shape index (κ2) is 6.90. The van der Waals surface area contributed by atoms with E-state index in [9.17, 15) is 0 Å². The lowest BCUT2D eigenvalue weighted by molar-refractivity contribution is 0.283. The SMILES string of the molecule is CCC1CCCC(NCCSC(C)(C)C)C1. The molecule has 0 bridgehead atoms. The first-order valence-corrected chi connectivity index (χ1v) is 7.87. The first-order chi connectivity index (χ1) is 7.51. The highest BCUT2D eigenvalue weighted by atomic mass is 32.2. The summed E-state index contributed by atoms with van der Waals surface area (Å²) < 4.78 is 0.417. The highest BCUT2D eigenvalue weighted by Crippen LogP contribution is 2.27. The third-order valence-electron chi connectivity index (χ3n) is 3.43. The predicted octanol–water partition coefficient (Wildman–Crippen LogP) is 4.08. The Morgan fingerprint density at radius 2 is 2.00 bits per heavy atom. The van der Waals surface area contributed by atoms with Gasteiger partial charge >= 0.3 is 0 Å². The lowest BCUT2D eigenvalue weighted by Crippen LogP contribution is -2.35. The Morgan fingerprint density at radius 3 is 2.62 bits per heavy atom. The third kappa shape index (κ3) is 6.15. The molecule has 0 radical (unpaired) electrons. The molecule has 0 amide bonds. The van der Waals surface area contributed by atoms with Crippen molar-refractivity contribution in [3.05, 3.63) is 0 Å². The fourth-order valence-corrected chi connectivity index (χ4v) is 3.30. The second-order valence-corrected chi connectivity index (χ2v) is 7.97. The van der Waals surface area contributed by atoms with Gasteiger partial charge in [-0.3, -0.25) is 0 Å². The normalized spacial score (nSPS) is 27.0. The average Bonchev–Trinajstić information content (AvgIpc) is 2.23. The minimum absolute atomic E-state index is 0.417. The minimum atomic E-state index is 0.417. The topological polar surface area (TPSA) is 12.0 Å². The highest BCUT2D eigenvalue weighted by Gasteiger charge is 2.20. The van der Waals surface area contributed by atoms with Gasteiger partial charge in [0, 0.05) is 23.1 Å². The van der Waals surface area contributed by atoms with Gasteiger partial charge < -0.3 is 5.32 Å². The molecule has 2 heteroatoms. The summed E-state index contributed by atoms with van der Waals surface area (Å²) in [5, 5.41) is 3.74. The molecule has 2 unspecified atom stereocenters. The molecule has 0 heterocycles. The molecule has 0 spiro atoms. The maximum absolute atomic E-state index is 3.74. The largest absolute Gasteiger partial charge is 0.313 e. The standard InChI is InChI=1S/C14H29NS/c1-5-12-7-6-8-13(11-12)15-9-10-16-14(2,3)4/h12-13,15H,5-11H2,1-4H3. The Morgan fingerprint density at radius 1 is 1.25 bits per heavy atom. The first kappa shape index (κ1) is 14.4. The van der Waals surface area contributed by atoms with Crippen molar-refractivity contribution in [3.8, 4) is 0 Å². The van der Waals surface area contributed by atoms with Gasteiger partial charge in [-0.05, 0) is 18.8 Å². The van der Waals surface area contributed by atoms with E-state index < -0.39 is 0 Å². The fraction of sp³-hybridized carbons (Fsp3) is 1.00. The molecule has 16 heavy (non-hydrogen) atoms. The summed E-state index contributed by atoms with van der Waals surface area (Å²) in [6.45, 7) is 10.4. The van der Waals surface area contributed by atoms with Crippen molar-refractivity contribution in [1.82, 2.24) is 5.32 Å². The van der Waals surface area contributed by atoms with Crippen molar-refractivity contribution in [1.29, 1.82) is 0 Å². The first-order valence-electron chi connectivity index (χ1n) is 6.88. The Kier molecular flexibility index (Phi) is 6.20. The van der Waals surface area contributed by atoms with E-state index in [1.165, 1.54) is 44.4 Å². The number of rotatable bonds is 5. The van der Waals surface area contributed by atoms with Crippen LogP contribution in [0.3, 0.4) is 0 Å². The average molecular weight is 243 g/mol. The molecule has 1 aliphatic rings. The zero-order valence-corrected chi connectivity index (χ0v) is 12.3. The van der Waals surface area contributed by atoms with E-state index >= 15 is 0 Å². The second-order valence-electron chi connectivity index (χ2n) is 6.05. The Labute approximate surface area is 106 Å². The van der Waals surface area contributed by atoms with E-state index in [2.05, 4.69) is 44.8 Å². The highest BCUT2D eigenvalue weighted by molar-refractivity contribution is 8.00. The summed E-state index contributed by atoms with van der Waals surface area (Å²) in [5.74, 6) is 2.23. The number of hydrogen-bond donors (Lipinski definition) is 1. The molecule has 96 valence electrons. The molecule has 1 N–H and O–H groups in total. The van der Waals surface area contributed by atoms with Crippen LogP contribution in [0.5, 0.6) is 0 Å². The summed E-state index contributed by atoms with van der Waals surface area (Å²) in [5.41, 5.74) is 0. The Balaban J connectivity index is 2.08. The van der Waals surface area contributed by atoms with Gasteiger partial charge in [0.2, 0.25) is 0 Å². The molecule has 2 atom stereocenters. The predicted molar refractivity (Wildman–Crippen MR) is 76.3 cm³/mol. The van der Waals surface area contributed by atoms with Crippen LogP contribution < -0.4 is 5.32 Å². The van der Waals surface area contributed by atoms with Crippen molar-refractivity contribution in [3.63, 3.8) is 0 Å². The van der Waals surface area contributed by atoms with Crippen LogP contribution in [0.15, 0.2) is 0 Å². The molecule has 1 aliphatic carbocycles. The molecule has 1 saturated carbocycles. The van der Waals surface area contributed by atoms with Crippen LogP contribution in [0.2, 0.25) is 0 Å². The number of nitrogens with one attached hydrogen (secondary N) is 1. The summed E-state index contributed by atoms with van der Waals surface area (Å²) in [6.07, 6.45) is 7.08. The fourth-order valence-electron chi connectivity index (χ4n) is 2.47. The van der Waals surface area contributed by atoms with E-state index in [0.29, 0.717) is 4.75 Å². The maximum atomic E-state index is 3.74. The summed E-state index contributed by atoms with van der Waals surface area (Å²) in [7, 11) is 0. The van der Waals surface area contributed by atoms with E-state index in [4.69, 9.17) is 0 Å². The monoisotopic (exact) mass is 243 g/mol. The van der Waals surface area contributed by atoms with E-state index in [1.807, 2.05) is 0 Å². The lowest BCUT2D eigenvalue weighted by Gasteiger charge is -2.29. The molecule has 0 saturated heterocycles.